The molecule has 0 unspecified atom stereocenters. The first-order valence-corrected chi connectivity index (χ1v) is 9.32. The number of halogens is 1. The van der Waals surface area contributed by atoms with Crippen LogP contribution in [0, 0.1) is 11.7 Å². The van der Waals surface area contributed by atoms with Crippen molar-refractivity contribution in [2.24, 2.45) is 5.92 Å². The zero-order valence-corrected chi connectivity index (χ0v) is 14.9. The monoisotopic (exact) mass is 353 g/mol. The Morgan fingerprint density at radius 3 is 2.69 bits per heavy atom. The maximum Gasteiger partial charge on any atom is 0.227 e. The lowest BCUT2D eigenvalue weighted by Gasteiger charge is -2.36. The fourth-order valence-electron chi connectivity index (χ4n) is 4.24. The molecule has 4 nitrogen and oxygen atoms in total. The number of carbonyl (C=O) groups excluding carboxylic acids is 1. The maximum absolute atomic E-state index is 13.1. The number of amides is 1. The summed E-state index contributed by atoms with van der Waals surface area (Å²) in [7, 11) is 0. The highest BCUT2D eigenvalue weighted by molar-refractivity contribution is 5.79. The standard InChI is InChI=1S/C21H24FN3O/c22-19-6-3-16(4-7-19)12-24-13-18-5-8-20(15-24)25(14-18)21(26)10-17-2-1-9-23-11-17/h1-4,6-7,9,11,18,20H,5,8,10,12-15H2/t18-,20+/m0/s1. The van der Waals surface area contributed by atoms with Gasteiger partial charge in [0.15, 0.2) is 0 Å². The molecule has 1 amide bonds. The number of rotatable bonds is 4. The summed E-state index contributed by atoms with van der Waals surface area (Å²) in [6, 6.07) is 10.9. The summed E-state index contributed by atoms with van der Waals surface area (Å²) < 4.78 is 13.1. The predicted octanol–water partition coefficient (Wildman–Crippen LogP) is 2.89. The van der Waals surface area contributed by atoms with Crippen molar-refractivity contribution in [2.45, 2.75) is 31.8 Å². The van der Waals surface area contributed by atoms with Crippen LogP contribution in [-0.4, -0.2) is 46.4 Å². The Balaban J connectivity index is 1.42. The van der Waals surface area contributed by atoms with Gasteiger partial charge in [0.1, 0.15) is 5.82 Å². The molecule has 1 aromatic heterocycles. The zero-order valence-electron chi connectivity index (χ0n) is 14.9. The van der Waals surface area contributed by atoms with Crippen LogP contribution in [0.2, 0.25) is 0 Å². The number of hydrogen-bond acceptors (Lipinski definition) is 3. The second-order valence-corrected chi connectivity index (χ2v) is 7.50. The number of benzene rings is 1. The Morgan fingerprint density at radius 2 is 1.92 bits per heavy atom. The molecule has 0 N–H and O–H groups in total. The van der Waals surface area contributed by atoms with Crippen LogP contribution in [0.5, 0.6) is 0 Å². The van der Waals surface area contributed by atoms with Crippen LogP contribution in [-0.2, 0) is 17.8 Å². The average molecular weight is 353 g/mol. The minimum absolute atomic E-state index is 0.197. The van der Waals surface area contributed by atoms with Gasteiger partial charge < -0.3 is 4.90 Å². The summed E-state index contributed by atoms with van der Waals surface area (Å²) in [4.78, 5) is 21.5. The molecule has 5 rings (SSSR count). The lowest BCUT2D eigenvalue weighted by molar-refractivity contribution is -0.134. The third-order valence-corrected chi connectivity index (χ3v) is 5.51. The zero-order chi connectivity index (χ0) is 17.9. The summed E-state index contributed by atoms with van der Waals surface area (Å²) in [6.45, 7) is 3.57. The van der Waals surface area contributed by atoms with Crippen molar-refractivity contribution in [1.82, 2.24) is 14.8 Å². The molecule has 3 aliphatic rings. The molecule has 5 heteroatoms. The fraction of sp³-hybridized carbons (Fsp3) is 0.429. The summed E-state index contributed by atoms with van der Waals surface area (Å²) in [5.74, 6) is 0.528. The first kappa shape index (κ1) is 17.2. The third-order valence-electron chi connectivity index (χ3n) is 5.51. The minimum Gasteiger partial charge on any atom is -0.338 e. The van der Waals surface area contributed by atoms with Gasteiger partial charge in [-0.05, 0) is 48.1 Å². The van der Waals surface area contributed by atoms with Crippen molar-refractivity contribution in [3.8, 4) is 0 Å². The van der Waals surface area contributed by atoms with Crippen LogP contribution >= 0.6 is 0 Å². The molecule has 2 atom stereocenters. The van der Waals surface area contributed by atoms with Crippen LogP contribution in [0.15, 0.2) is 48.8 Å². The van der Waals surface area contributed by atoms with Crippen molar-refractivity contribution >= 4 is 5.91 Å². The Kier molecular flexibility index (Phi) is 4.98. The quantitative estimate of drug-likeness (QED) is 0.848. The van der Waals surface area contributed by atoms with E-state index in [1.54, 1.807) is 12.4 Å². The SMILES string of the molecule is O=C(Cc1cccnc1)N1C[C@H]2CC[C@@H]1CN(Cc1ccc(F)cc1)C2. The number of fused-ring (bicyclic) bond motifs is 4. The summed E-state index contributed by atoms with van der Waals surface area (Å²) in [5.41, 5.74) is 2.10. The Hall–Kier alpha value is -2.27. The molecule has 0 radical (unpaired) electrons. The summed E-state index contributed by atoms with van der Waals surface area (Å²) in [5, 5.41) is 0. The molecule has 0 aliphatic carbocycles. The molecule has 3 saturated heterocycles. The number of pyridine rings is 1. The van der Waals surface area contributed by atoms with E-state index >= 15 is 0 Å². The Bertz CT molecular complexity index is 750. The van der Waals surface area contributed by atoms with Crippen molar-refractivity contribution in [3.05, 3.63) is 65.7 Å². The normalized spacial score (nSPS) is 23.0. The Labute approximate surface area is 153 Å². The highest BCUT2D eigenvalue weighted by Crippen LogP contribution is 2.29. The van der Waals surface area contributed by atoms with Crippen LogP contribution in [0.25, 0.3) is 0 Å². The number of aromatic nitrogens is 1. The molecular formula is C21H24FN3O. The van der Waals surface area contributed by atoms with Crippen molar-refractivity contribution < 1.29 is 9.18 Å². The largest absolute Gasteiger partial charge is 0.338 e. The van der Waals surface area contributed by atoms with Gasteiger partial charge in [-0.25, -0.2) is 4.39 Å². The van der Waals surface area contributed by atoms with Crippen molar-refractivity contribution in [1.29, 1.82) is 0 Å². The molecule has 3 aliphatic heterocycles. The first-order valence-electron chi connectivity index (χ1n) is 9.32. The molecule has 3 fully saturated rings. The molecule has 26 heavy (non-hydrogen) atoms. The van der Waals surface area contributed by atoms with Gasteiger partial charge in [-0.15, -0.1) is 0 Å². The predicted molar refractivity (Wildman–Crippen MR) is 97.8 cm³/mol. The van der Waals surface area contributed by atoms with Gasteiger partial charge in [0.05, 0.1) is 6.42 Å². The van der Waals surface area contributed by atoms with Crippen LogP contribution in [0.4, 0.5) is 4.39 Å². The van der Waals surface area contributed by atoms with Gasteiger partial charge in [0.2, 0.25) is 5.91 Å². The summed E-state index contributed by atoms with van der Waals surface area (Å²) >= 11 is 0. The van der Waals surface area contributed by atoms with Crippen LogP contribution in [0.1, 0.15) is 24.0 Å². The summed E-state index contributed by atoms with van der Waals surface area (Å²) in [6.07, 6.45) is 6.18. The minimum atomic E-state index is -0.197. The highest BCUT2D eigenvalue weighted by Gasteiger charge is 2.36. The van der Waals surface area contributed by atoms with E-state index in [9.17, 15) is 9.18 Å². The second kappa shape index (κ2) is 7.54. The average Bonchev–Trinajstić information content (AvgIpc) is 2.95. The van der Waals surface area contributed by atoms with Gasteiger partial charge >= 0.3 is 0 Å². The van der Waals surface area contributed by atoms with Crippen molar-refractivity contribution in [3.63, 3.8) is 0 Å². The van der Waals surface area contributed by atoms with E-state index in [1.807, 2.05) is 24.3 Å². The van der Waals surface area contributed by atoms with Crippen LogP contribution in [0.3, 0.4) is 0 Å². The van der Waals surface area contributed by atoms with E-state index in [0.717, 1.165) is 43.7 Å². The number of nitrogens with zero attached hydrogens (tertiary/aromatic N) is 3. The highest BCUT2D eigenvalue weighted by atomic mass is 19.1. The van der Waals surface area contributed by atoms with Crippen LogP contribution < -0.4 is 0 Å². The van der Waals surface area contributed by atoms with Gasteiger partial charge in [-0.2, -0.15) is 0 Å². The van der Waals surface area contributed by atoms with E-state index < -0.39 is 0 Å². The molecule has 0 saturated carbocycles. The van der Waals surface area contributed by atoms with E-state index in [0.29, 0.717) is 12.3 Å². The number of piperidine rings is 1. The molecule has 2 bridgehead atoms. The van der Waals surface area contributed by atoms with E-state index in [-0.39, 0.29) is 17.8 Å². The Morgan fingerprint density at radius 1 is 1.08 bits per heavy atom. The lowest BCUT2D eigenvalue weighted by atomic mass is 9.94. The number of hydrogen-bond donors (Lipinski definition) is 0. The third kappa shape index (κ3) is 3.93. The number of carbonyl (C=O) groups is 1. The molecular weight excluding hydrogens is 329 g/mol. The van der Waals surface area contributed by atoms with E-state index in [1.165, 1.54) is 18.6 Å². The molecule has 1 aromatic carbocycles. The lowest BCUT2D eigenvalue weighted by Crippen LogP contribution is -2.48. The van der Waals surface area contributed by atoms with Gasteiger partial charge in [0, 0.05) is 44.6 Å². The molecule has 0 spiro atoms. The topological polar surface area (TPSA) is 36.4 Å². The van der Waals surface area contributed by atoms with Gasteiger partial charge in [-0.1, -0.05) is 18.2 Å². The smallest absolute Gasteiger partial charge is 0.227 e. The van der Waals surface area contributed by atoms with Crippen molar-refractivity contribution in [2.75, 3.05) is 19.6 Å². The fourth-order valence-corrected chi connectivity index (χ4v) is 4.24. The molecule has 136 valence electrons. The van der Waals surface area contributed by atoms with Gasteiger partial charge in [-0.3, -0.25) is 14.7 Å². The van der Waals surface area contributed by atoms with E-state index in [2.05, 4.69) is 14.8 Å². The van der Waals surface area contributed by atoms with Gasteiger partial charge in [0.25, 0.3) is 0 Å². The molecule has 4 heterocycles. The second-order valence-electron chi connectivity index (χ2n) is 7.50. The molecule has 2 aromatic rings. The maximum atomic E-state index is 13.1. The van der Waals surface area contributed by atoms with E-state index in [4.69, 9.17) is 0 Å². The first-order chi connectivity index (χ1) is 12.7.